The molecule has 0 radical (unpaired) electrons. The van der Waals surface area contributed by atoms with E-state index in [4.69, 9.17) is 13.9 Å². The Kier molecular flexibility index (Phi) is 10.1. The third-order valence-electron chi connectivity index (χ3n) is 3.45. The second-order valence-corrected chi connectivity index (χ2v) is 4.84. The molecule has 0 amide bonds. The van der Waals surface area contributed by atoms with Gasteiger partial charge < -0.3 is 13.9 Å². The van der Waals surface area contributed by atoms with Crippen molar-refractivity contribution in [2.24, 2.45) is 0 Å². The van der Waals surface area contributed by atoms with E-state index in [9.17, 15) is 0 Å². The first-order valence-electron chi connectivity index (χ1n) is 6.43. The van der Waals surface area contributed by atoms with Gasteiger partial charge in [0.2, 0.25) is 0 Å². The van der Waals surface area contributed by atoms with Crippen molar-refractivity contribution in [2.75, 3.05) is 34.2 Å². The Morgan fingerprint density at radius 2 is 1.59 bits per heavy atom. The second-order valence-electron chi connectivity index (χ2n) is 4.43. The summed E-state index contributed by atoms with van der Waals surface area (Å²) >= 11 is 0. The Morgan fingerprint density at radius 3 is 1.94 bits per heavy atom. The molecule has 0 aromatic heterocycles. The zero-order valence-electron chi connectivity index (χ0n) is 12.1. The average Bonchev–Trinajstić information content (AvgIpc) is 2.36. The van der Waals surface area contributed by atoms with Crippen LogP contribution < -0.4 is 0 Å². The van der Waals surface area contributed by atoms with E-state index in [1.165, 1.54) is 0 Å². The summed E-state index contributed by atoms with van der Waals surface area (Å²) in [6, 6.07) is 0. The van der Waals surface area contributed by atoms with E-state index in [-0.39, 0.29) is 5.60 Å². The van der Waals surface area contributed by atoms with Crippen LogP contribution in [0.3, 0.4) is 0 Å². The molecule has 0 N–H and O–H groups in total. The van der Waals surface area contributed by atoms with E-state index in [0.29, 0.717) is 13.5 Å². The van der Waals surface area contributed by atoms with Gasteiger partial charge >= 0.3 is 0 Å². The topological polar surface area (TPSA) is 30.9 Å². The molecule has 0 saturated carbocycles. The lowest BCUT2D eigenvalue weighted by atomic mass is 9.92. The SMILES string of the molecule is CCC(CC)(CCCN(COC)COC)O[SiH3]. The Hall–Kier alpha value is 0.0569. The van der Waals surface area contributed by atoms with Crippen LogP contribution in [0.5, 0.6) is 0 Å². The van der Waals surface area contributed by atoms with Crippen LogP contribution in [-0.4, -0.2) is 55.2 Å². The molecule has 0 atom stereocenters. The highest BCUT2D eigenvalue weighted by Crippen LogP contribution is 2.25. The molecule has 0 fully saturated rings. The van der Waals surface area contributed by atoms with Gasteiger partial charge in [0.15, 0.2) is 0 Å². The summed E-state index contributed by atoms with van der Waals surface area (Å²) < 4.78 is 16.1. The van der Waals surface area contributed by atoms with Crippen LogP contribution in [-0.2, 0) is 13.9 Å². The van der Waals surface area contributed by atoms with Gasteiger partial charge in [-0.15, -0.1) is 0 Å². The van der Waals surface area contributed by atoms with Crippen molar-refractivity contribution in [1.82, 2.24) is 4.90 Å². The molecule has 0 saturated heterocycles. The van der Waals surface area contributed by atoms with Crippen LogP contribution in [0.4, 0.5) is 0 Å². The van der Waals surface area contributed by atoms with Gasteiger partial charge in [-0.1, -0.05) is 13.8 Å². The lowest BCUT2D eigenvalue weighted by molar-refractivity contribution is -0.0192. The maximum absolute atomic E-state index is 5.80. The summed E-state index contributed by atoms with van der Waals surface area (Å²) in [6.45, 7) is 6.67. The second kappa shape index (κ2) is 10.0. The number of rotatable bonds is 11. The smallest absolute Gasteiger partial charge is 0.146 e. The summed E-state index contributed by atoms with van der Waals surface area (Å²) in [4.78, 5) is 2.16. The Labute approximate surface area is 109 Å². The molecule has 0 rings (SSSR count). The minimum absolute atomic E-state index is 0.109. The lowest BCUT2D eigenvalue weighted by Crippen LogP contribution is -2.34. The molecule has 0 spiro atoms. The molecule has 0 aromatic rings. The van der Waals surface area contributed by atoms with Crippen molar-refractivity contribution in [3.8, 4) is 0 Å². The van der Waals surface area contributed by atoms with Crippen LogP contribution in [0.1, 0.15) is 39.5 Å². The van der Waals surface area contributed by atoms with Crippen molar-refractivity contribution in [3.63, 3.8) is 0 Å². The van der Waals surface area contributed by atoms with Gasteiger partial charge in [-0.2, -0.15) is 0 Å². The number of ether oxygens (including phenoxy) is 2. The monoisotopic (exact) mass is 263 g/mol. The maximum atomic E-state index is 5.80. The van der Waals surface area contributed by atoms with Crippen molar-refractivity contribution >= 4 is 10.5 Å². The predicted octanol–water partition coefficient (Wildman–Crippen LogP) is 1.13. The zero-order chi connectivity index (χ0) is 13.1. The highest BCUT2D eigenvalue weighted by atomic mass is 28.2. The molecule has 0 aromatic carbocycles. The minimum Gasteiger partial charge on any atom is -0.422 e. The summed E-state index contributed by atoms with van der Waals surface area (Å²) in [6.07, 6.45) is 4.44. The summed E-state index contributed by atoms with van der Waals surface area (Å²) in [5.41, 5.74) is 0.109. The first kappa shape index (κ1) is 17.1. The van der Waals surface area contributed by atoms with Crippen molar-refractivity contribution in [2.45, 2.75) is 45.1 Å². The average molecular weight is 263 g/mol. The molecule has 0 unspecified atom stereocenters. The van der Waals surface area contributed by atoms with Crippen LogP contribution >= 0.6 is 0 Å². The minimum atomic E-state index is 0.109. The normalized spacial score (nSPS) is 12.5. The molecule has 104 valence electrons. The van der Waals surface area contributed by atoms with E-state index in [1.54, 1.807) is 14.2 Å². The van der Waals surface area contributed by atoms with Crippen LogP contribution in [0, 0.1) is 0 Å². The Balaban J connectivity index is 3.99. The van der Waals surface area contributed by atoms with E-state index >= 15 is 0 Å². The molecule has 0 bridgehead atoms. The first-order chi connectivity index (χ1) is 8.17. The van der Waals surface area contributed by atoms with Crippen LogP contribution in [0.15, 0.2) is 0 Å². The quantitative estimate of drug-likeness (QED) is 0.413. The molecule has 0 aliphatic heterocycles. The summed E-state index contributed by atoms with van der Waals surface area (Å²) in [5.74, 6) is 0. The van der Waals surface area contributed by atoms with Gasteiger partial charge in [0.1, 0.15) is 23.9 Å². The van der Waals surface area contributed by atoms with Crippen LogP contribution in [0.2, 0.25) is 0 Å². The molecule has 4 nitrogen and oxygen atoms in total. The van der Waals surface area contributed by atoms with E-state index in [1.807, 2.05) is 0 Å². The van der Waals surface area contributed by atoms with Gasteiger partial charge in [-0.25, -0.2) is 0 Å². The molecular formula is C12H29NO3Si. The fraction of sp³-hybridized carbons (Fsp3) is 1.00. The third-order valence-corrected chi connectivity index (χ3v) is 4.32. The van der Waals surface area contributed by atoms with Crippen molar-refractivity contribution < 1.29 is 13.9 Å². The van der Waals surface area contributed by atoms with E-state index in [0.717, 1.165) is 42.7 Å². The zero-order valence-corrected chi connectivity index (χ0v) is 14.1. The summed E-state index contributed by atoms with van der Waals surface area (Å²) in [7, 11) is 4.25. The molecule has 0 aliphatic carbocycles. The Bertz CT molecular complexity index is 163. The van der Waals surface area contributed by atoms with Crippen LogP contribution in [0.25, 0.3) is 0 Å². The lowest BCUT2D eigenvalue weighted by Gasteiger charge is -2.32. The molecule has 0 heterocycles. The molecular weight excluding hydrogens is 234 g/mol. The highest BCUT2D eigenvalue weighted by molar-refractivity contribution is 5.98. The van der Waals surface area contributed by atoms with E-state index < -0.39 is 0 Å². The van der Waals surface area contributed by atoms with Crippen molar-refractivity contribution in [1.29, 1.82) is 0 Å². The number of nitrogens with zero attached hydrogens (tertiary/aromatic N) is 1. The highest BCUT2D eigenvalue weighted by Gasteiger charge is 2.24. The fourth-order valence-corrected chi connectivity index (χ4v) is 2.93. The molecule has 5 heteroatoms. The van der Waals surface area contributed by atoms with Gasteiger partial charge in [0.05, 0.1) is 5.60 Å². The fourth-order valence-electron chi connectivity index (χ4n) is 2.15. The molecule has 17 heavy (non-hydrogen) atoms. The standard InChI is InChI=1S/C12H29NO3Si/c1-5-12(6-2,16-17)8-7-9-13(10-14-3)11-15-4/h5-11H2,1-4,17H3. The van der Waals surface area contributed by atoms with E-state index in [2.05, 4.69) is 18.7 Å². The summed E-state index contributed by atoms with van der Waals surface area (Å²) in [5, 5.41) is 0. The van der Waals surface area contributed by atoms with Crippen molar-refractivity contribution in [3.05, 3.63) is 0 Å². The van der Waals surface area contributed by atoms with Gasteiger partial charge in [0.25, 0.3) is 0 Å². The molecule has 0 aliphatic rings. The Morgan fingerprint density at radius 1 is 1.06 bits per heavy atom. The predicted molar refractivity (Wildman–Crippen MR) is 74.0 cm³/mol. The number of methoxy groups -OCH3 is 2. The first-order valence-corrected chi connectivity index (χ1v) is 7.25. The maximum Gasteiger partial charge on any atom is 0.146 e. The van der Waals surface area contributed by atoms with Gasteiger partial charge in [-0.05, 0) is 25.7 Å². The number of hydrogen-bond donors (Lipinski definition) is 0. The van der Waals surface area contributed by atoms with Gasteiger partial charge in [0, 0.05) is 20.8 Å². The number of hydrogen-bond acceptors (Lipinski definition) is 4. The largest absolute Gasteiger partial charge is 0.422 e. The van der Waals surface area contributed by atoms with Gasteiger partial charge in [-0.3, -0.25) is 4.90 Å². The third kappa shape index (κ3) is 6.52.